The largest absolute Gasteiger partial charge is 0.321 e. The van der Waals surface area contributed by atoms with E-state index >= 15 is 0 Å². The van der Waals surface area contributed by atoms with Gasteiger partial charge in [-0.05, 0) is 48.7 Å². The van der Waals surface area contributed by atoms with Gasteiger partial charge >= 0.3 is 0 Å². The van der Waals surface area contributed by atoms with Crippen molar-refractivity contribution in [3.8, 4) is 0 Å². The van der Waals surface area contributed by atoms with Crippen LogP contribution in [0, 0.1) is 0 Å². The van der Waals surface area contributed by atoms with Crippen molar-refractivity contribution in [1.82, 2.24) is 0 Å². The molecule has 0 aliphatic carbocycles. The van der Waals surface area contributed by atoms with Crippen LogP contribution in [0.25, 0.3) is 0 Å². The van der Waals surface area contributed by atoms with Crippen molar-refractivity contribution >= 4 is 33.3 Å². The molecule has 5 nitrogen and oxygen atoms in total. The summed E-state index contributed by atoms with van der Waals surface area (Å²) >= 11 is 5.96. The van der Waals surface area contributed by atoms with Crippen LogP contribution in [-0.2, 0) is 16.5 Å². The second-order valence-electron chi connectivity index (χ2n) is 5.37. The van der Waals surface area contributed by atoms with E-state index in [-0.39, 0.29) is 21.5 Å². The maximum absolute atomic E-state index is 12.2. The number of halogens is 1. The standard InChI is InChI=1S/C17H18ClNO4S/c1-2-3-4-12-5-7-13(8-6-12)17(20)19-16-10-9-14(11-15(16)18)24(21,22)23/h5-11H,2-4H2,1H3,(H,19,20)(H,21,22,23). The van der Waals surface area contributed by atoms with Crippen LogP contribution < -0.4 is 5.32 Å². The van der Waals surface area contributed by atoms with Crippen molar-refractivity contribution in [3.05, 3.63) is 58.6 Å². The minimum Gasteiger partial charge on any atom is -0.321 e. The molecule has 0 fully saturated rings. The number of aryl methyl sites for hydroxylation is 1. The Morgan fingerprint density at radius 2 is 1.83 bits per heavy atom. The van der Waals surface area contributed by atoms with Crippen molar-refractivity contribution in [1.29, 1.82) is 0 Å². The van der Waals surface area contributed by atoms with E-state index in [0.29, 0.717) is 5.56 Å². The molecule has 2 N–H and O–H groups in total. The number of benzene rings is 2. The van der Waals surface area contributed by atoms with E-state index in [1.54, 1.807) is 12.1 Å². The highest BCUT2D eigenvalue weighted by Crippen LogP contribution is 2.25. The van der Waals surface area contributed by atoms with Crippen LogP contribution in [0.4, 0.5) is 5.69 Å². The van der Waals surface area contributed by atoms with Gasteiger partial charge in [0.1, 0.15) is 0 Å². The molecule has 24 heavy (non-hydrogen) atoms. The molecule has 0 saturated carbocycles. The van der Waals surface area contributed by atoms with Crippen molar-refractivity contribution in [2.75, 3.05) is 5.32 Å². The number of nitrogens with one attached hydrogen (secondary N) is 1. The van der Waals surface area contributed by atoms with Crippen LogP contribution >= 0.6 is 11.6 Å². The molecule has 128 valence electrons. The fourth-order valence-electron chi connectivity index (χ4n) is 2.16. The van der Waals surface area contributed by atoms with Crippen LogP contribution in [-0.4, -0.2) is 18.9 Å². The number of amides is 1. The van der Waals surface area contributed by atoms with E-state index in [1.807, 2.05) is 12.1 Å². The molecule has 0 aromatic heterocycles. The summed E-state index contributed by atoms with van der Waals surface area (Å²) in [5.74, 6) is -0.349. The van der Waals surface area contributed by atoms with Gasteiger partial charge < -0.3 is 5.32 Å². The Bertz CT molecular complexity index is 832. The van der Waals surface area contributed by atoms with E-state index in [9.17, 15) is 13.2 Å². The Hall–Kier alpha value is -1.89. The Balaban J connectivity index is 2.12. The van der Waals surface area contributed by atoms with Crippen LogP contribution in [0.1, 0.15) is 35.7 Å². The van der Waals surface area contributed by atoms with Gasteiger partial charge in [0.2, 0.25) is 0 Å². The van der Waals surface area contributed by atoms with Crippen LogP contribution in [0.5, 0.6) is 0 Å². The third-order valence-corrected chi connectivity index (χ3v) is 4.68. The molecular weight excluding hydrogens is 350 g/mol. The first-order valence-corrected chi connectivity index (χ1v) is 9.30. The smallest absolute Gasteiger partial charge is 0.294 e. The summed E-state index contributed by atoms with van der Waals surface area (Å²) in [5, 5.41) is 2.65. The van der Waals surface area contributed by atoms with Gasteiger partial charge in [0.25, 0.3) is 16.0 Å². The summed E-state index contributed by atoms with van der Waals surface area (Å²) in [4.78, 5) is 11.9. The van der Waals surface area contributed by atoms with Gasteiger partial charge in [0, 0.05) is 5.56 Å². The monoisotopic (exact) mass is 367 g/mol. The first-order chi connectivity index (χ1) is 11.3. The molecule has 0 aliphatic rings. The molecular formula is C17H18ClNO4S. The molecule has 0 radical (unpaired) electrons. The van der Waals surface area contributed by atoms with Crippen molar-refractivity contribution in [3.63, 3.8) is 0 Å². The van der Waals surface area contributed by atoms with Crippen LogP contribution in [0.3, 0.4) is 0 Å². The quantitative estimate of drug-likeness (QED) is 0.750. The SMILES string of the molecule is CCCCc1ccc(C(=O)Nc2ccc(S(=O)(=O)O)cc2Cl)cc1. The van der Waals surface area contributed by atoms with E-state index in [4.69, 9.17) is 16.2 Å². The molecule has 0 bridgehead atoms. The van der Waals surface area contributed by atoms with Crippen LogP contribution in [0.2, 0.25) is 5.02 Å². The maximum Gasteiger partial charge on any atom is 0.294 e. The molecule has 2 aromatic carbocycles. The molecule has 0 saturated heterocycles. The van der Waals surface area contributed by atoms with Gasteiger partial charge in [0.05, 0.1) is 15.6 Å². The highest BCUT2D eigenvalue weighted by atomic mass is 35.5. The predicted molar refractivity (Wildman–Crippen MR) is 94.3 cm³/mol. The average Bonchev–Trinajstić information content (AvgIpc) is 2.54. The number of hydrogen-bond acceptors (Lipinski definition) is 3. The Morgan fingerprint density at radius 3 is 2.38 bits per heavy atom. The van der Waals surface area contributed by atoms with Gasteiger partial charge in [-0.1, -0.05) is 37.1 Å². The summed E-state index contributed by atoms with van der Waals surface area (Å²) in [5.41, 5.74) is 1.92. The lowest BCUT2D eigenvalue weighted by Gasteiger charge is -2.09. The topological polar surface area (TPSA) is 83.5 Å². The Labute approximate surface area is 146 Å². The number of carbonyl (C=O) groups excluding carboxylic acids is 1. The molecule has 2 aromatic rings. The fourth-order valence-corrected chi connectivity index (χ4v) is 2.96. The lowest BCUT2D eigenvalue weighted by Crippen LogP contribution is -2.12. The van der Waals surface area contributed by atoms with Gasteiger partial charge in [-0.15, -0.1) is 0 Å². The van der Waals surface area contributed by atoms with E-state index in [2.05, 4.69) is 12.2 Å². The molecule has 1 amide bonds. The maximum atomic E-state index is 12.2. The highest BCUT2D eigenvalue weighted by Gasteiger charge is 2.14. The van der Waals surface area contributed by atoms with Gasteiger partial charge in [-0.25, -0.2) is 0 Å². The second-order valence-corrected chi connectivity index (χ2v) is 7.20. The summed E-state index contributed by atoms with van der Waals surface area (Å²) < 4.78 is 31.1. The minimum absolute atomic E-state index is 0.0260. The first kappa shape index (κ1) is 18.4. The van der Waals surface area contributed by atoms with E-state index < -0.39 is 10.1 Å². The number of unbranched alkanes of at least 4 members (excludes halogenated alkanes) is 1. The minimum atomic E-state index is -4.33. The highest BCUT2D eigenvalue weighted by molar-refractivity contribution is 7.85. The Kier molecular flexibility index (Phi) is 5.99. The Morgan fingerprint density at radius 1 is 1.17 bits per heavy atom. The van der Waals surface area contributed by atoms with Crippen molar-refractivity contribution < 1.29 is 17.8 Å². The summed E-state index contributed by atoms with van der Waals surface area (Å²) in [6.07, 6.45) is 3.18. The lowest BCUT2D eigenvalue weighted by molar-refractivity contribution is 0.102. The molecule has 0 atom stereocenters. The fraction of sp³-hybridized carbons (Fsp3) is 0.235. The number of anilines is 1. The number of hydrogen-bond donors (Lipinski definition) is 2. The van der Waals surface area contributed by atoms with Crippen LogP contribution in [0.15, 0.2) is 47.4 Å². The third kappa shape index (κ3) is 4.80. The predicted octanol–water partition coefficient (Wildman–Crippen LogP) is 4.18. The summed E-state index contributed by atoms with van der Waals surface area (Å²) in [6.45, 7) is 2.12. The summed E-state index contributed by atoms with van der Waals surface area (Å²) in [6, 6.07) is 10.9. The second kappa shape index (κ2) is 7.79. The third-order valence-electron chi connectivity index (χ3n) is 3.52. The van der Waals surface area contributed by atoms with Gasteiger partial charge in [0.15, 0.2) is 0 Å². The van der Waals surface area contributed by atoms with Crippen molar-refractivity contribution in [2.24, 2.45) is 0 Å². The average molecular weight is 368 g/mol. The zero-order valence-corrected chi connectivity index (χ0v) is 14.7. The van der Waals surface area contributed by atoms with Gasteiger partial charge in [-0.3, -0.25) is 9.35 Å². The molecule has 2 rings (SSSR count). The number of carbonyl (C=O) groups is 1. The van der Waals surface area contributed by atoms with E-state index in [1.165, 1.54) is 17.7 Å². The normalized spacial score (nSPS) is 11.3. The molecule has 0 spiro atoms. The number of rotatable bonds is 6. The zero-order chi connectivity index (χ0) is 17.7. The molecule has 7 heteroatoms. The van der Waals surface area contributed by atoms with Crippen molar-refractivity contribution in [2.45, 2.75) is 31.1 Å². The molecule has 0 unspecified atom stereocenters. The lowest BCUT2D eigenvalue weighted by atomic mass is 10.1. The molecule has 0 aliphatic heterocycles. The molecule has 0 heterocycles. The van der Waals surface area contributed by atoms with Gasteiger partial charge in [-0.2, -0.15) is 8.42 Å². The van der Waals surface area contributed by atoms with E-state index in [0.717, 1.165) is 25.3 Å². The summed E-state index contributed by atoms with van der Waals surface area (Å²) in [7, 11) is -4.33. The zero-order valence-electron chi connectivity index (χ0n) is 13.1. The first-order valence-electron chi connectivity index (χ1n) is 7.48.